The molecule has 2 heterocycles. The molecule has 1 unspecified atom stereocenters. The molecule has 2 aromatic rings. The van der Waals surface area contributed by atoms with E-state index in [-0.39, 0.29) is 13.1 Å². The minimum atomic E-state index is -0.501. The number of ether oxygens (including phenoxy) is 1. The third-order valence-electron chi connectivity index (χ3n) is 4.75. The van der Waals surface area contributed by atoms with Crippen LogP contribution < -0.4 is 5.32 Å². The quantitative estimate of drug-likeness (QED) is 0.460. The molecule has 1 saturated heterocycles. The normalized spacial score (nSPS) is 15.7. The number of hydrogen-bond donors (Lipinski definition) is 1. The molecule has 1 aromatic heterocycles. The number of carbonyl (C=O) groups excluding carboxylic acids is 4. The second-order valence-corrected chi connectivity index (χ2v) is 7.94. The zero-order chi connectivity index (χ0) is 22.9. The summed E-state index contributed by atoms with van der Waals surface area (Å²) >= 11 is 0.842. The molecule has 0 aliphatic carbocycles. The number of nitrogens with one attached hydrogen (secondary N) is 1. The van der Waals surface area contributed by atoms with Crippen LogP contribution in [-0.2, 0) is 19.1 Å². The Morgan fingerprint density at radius 1 is 1.19 bits per heavy atom. The Labute approximate surface area is 190 Å². The summed E-state index contributed by atoms with van der Waals surface area (Å²) in [4.78, 5) is 54.3. The van der Waals surface area contributed by atoms with E-state index in [0.717, 1.165) is 22.2 Å². The molecule has 1 aromatic carbocycles. The summed E-state index contributed by atoms with van der Waals surface area (Å²) in [5.74, 6) is -1.83. The molecule has 3 amide bonds. The van der Waals surface area contributed by atoms with E-state index in [9.17, 15) is 19.2 Å². The second-order valence-electron chi connectivity index (χ2n) is 6.95. The molecule has 1 aliphatic heterocycles. The van der Waals surface area contributed by atoms with Crippen molar-refractivity contribution >= 4 is 40.9 Å². The molecule has 1 N–H and O–H groups in total. The maximum atomic E-state index is 12.5. The van der Waals surface area contributed by atoms with E-state index in [1.807, 2.05) is 37.3 Å². The number of carbonyl (C=O) groups is 4. The molecule has 1 aliphatic rings. The zero-order valence-corrected chi connectivity index (χ0v) is 18.3. The molecule has 1 fully saturated rings. The van der Waals surface area contributed by atoms with Crippen molar-refractivity contribution in [3.8, 4) is 0 Å². The maximum Gasteiger partial charge on any atom is 0.313 e. The lowest BCUT2D eigenvalue weighted by molar-refractivity contribution is -0.150. The van der Waals surface area contributed by atoms with Crippen molar-refractivity contribution < 1.29 is 23.9 Å². The summed E-state index contributed by atoms with van der Waals surface area (Å²) in [5, 5.41) is 2.16. The standard InChI is InChI=1S/C23H23N3O5S/c1-2-18(17-8-4-3-5-9-17)22(29)31-15-20(27)25-11-12-26-21(28)19(32-23(26)30)13-16-7-6-10-24-14-16/h3-10,13-14,18H,2,11-12,15H2,1H3,(H,25,27)/b19-13-. The Bertz CT molecular complexity index is 1010. The minimum absolute atomic E-state index is 0.0241. The highest BCUT2D eigenvalue weighted by molar-refractivity contribution is 8.18. The van der Waals surface area contributed by atoms with Crippen molar-refractivity contribution in [2.45, 2.75) is 19.3 Å². The minimum Gasteiger partial charge on any atom is -0.455 e. The van der Waals surface area contributed by atoms with Crippen LogP contribution in [0.4, 0.5) is 4.79 Å². The monoisotopic (exact) mass is 453 g/mol. The summed E-state index contributed by atoms with van der Waals surface area (Å²) < 4.78 is 5.14. The Kier molecular flexibility index (Phi) is 8.15. The molecule has 1 atom stereocenters. The highest BCUT2D eigenvalue weighted by Crippen LogP contribution is 2.31. The van der Waals surface area contributed by atoms with Gasteiger partial charge in [-0.1, -0.05) is 43.3 Å². The van der Waals surface area contributed by atoms with Gasteiger partial charge in [-0.05, 0) is 41.5 Å². The fourth-order valence-corrected chi connectivity index (χ4v) is 3.99. The summed E-state index contributed by atoms with van der Waals surface area (Å²) in [5.41, 5.74) is 1.55. The van der Waals surface area contributed by atoms with Crippen LogP contribution in [0.25, 0.3) is 6.08 Å². The van der Waals surface area contributed by atoms with E-state index >= 15 is 0 Å². The summed E-state index contributed by atoms with van der Waals surface area (Å²) in [6.07, 6.45) is 5.37. The van der Waals surface area contributed by atoms with Crippen LogP contribution in [0.3, 0.4) is 0 Å². The number of nitrogens with zero attached hydrogens (tertiary/aromatic N) is 2. The Morgan fingerprint density at radius 2 is 1.97 bits per heavy atom. The molecule has 0 bridgehead atoms. The maximum absolute atomic E-state index is 12.5. The van der Waals surface area contributed by atoms with Gasteiger partial charge in [0, 0.05) is 25.5 Å². The molecule has 0 radical (unpaired) electrons. The highest BCUT2D eigenvalue weighted by Gasteiger charge is 2.34. The summed E-state index contributed by atoms with van der Waals surface area (Å²) in [6.45, 7) is 1.53. The van der Waals surface area contributed by atoms with Crippen molar-refractivity contribution in [1.29, 1.82) is 0 Å². The van der Waals surface area contributed by atoms with Crippen molar-refractivity contribution in [2.75, 3.05) is 19.7 Å². The second kappa shape index (κ2) is 11.2. The van der Waals surface area contributed by atoms with Crippen LogP contribution >= 0.6 is 11.8 Å². The molecule has 32 heavy (non-hydrogen) atoms. The van der Waals surface area contributed by atoms with Gasteiger partial charge < -0.3 is 10.1 Å². The van der Waals surface area contributed by atoms with Crippen LogP contribution in [0.1, 0.15) is 30.4 Å². The predicted molar refractivity (Wildman–Crippen MR) is 120 cm³/mol. The fraction of sp³-hybridized carbons (Fsp3) is 0.261. The largest absolute Gasteiger partial charge is 0.455 e. The Balaban J connectivity index is 1.44. The van der Waals surface area contributed by atoms with Gasteiger partial charge in [0.1, 0.15) is 0 Å². The number of amides is 3. The topological polar surface area (TPSA) is 106 Å². The number of aromatic nitrogens is 1. The molecule has 0 spiro atoms. The van der Waals surface area contributed by atoms with E-state index in [0.29, 0.717) is 16.9 Å². The van der Waals surface area contributed by atoms with Gasteiger partial charge in [-0.2, -0.15) is 0 Å². The van der Waals surface area contributed by atoms with E-state index < -0.39 is 35.5 Å². The first kappa shape index (κ1) is 23.2. The molecule has 8 nitrogen and oxygen atoms in total. The smallest absolute Gasteiger partial charge is 0.313 e. The Morgan fingerprint density at radius 3 is 2.66 bits per heavy atom. The van der Waals surface area contributed by atoms with E-state index in [4.69, 9.17) is 4.74 Å². The van der Waals surface area contributed by atoms with Gasteiger partial charge in [-0.25, -0.2) is 0 Å². The molecule has 3 rings (SSSR count). The van der Waals surface area contributed by atoms with Gasteiger partial charge in [0.05, 0.1) is 10.8 Å². The number of pyridine rings is 1. The molecule has 0 saturated carbocycles. The molecule has 166 valence electrons. The van der Waals surface area contributed by atoms with Gasteiger partial charge in [0.2, 0.25) is 0 Å². The molecular weight excluding hydrogens is 430 g/mol. The van der Waals surface area contributed by atoms with E-state index in [1.54, 1.807) is 30.6 Å². The summed E-state index contributed by atoms with van der Waals surface area (Å²) in [7, 11) is 0. The van der Waals surface area contributed by atoms with Crippen LogP contribution in [-0.4, -0.2) is 52.6 Å². The van der Waals surface area contributed by atoms with E-state index in [1.165, 1.54) is 0 Å². The van der Waals surface area contributed by atoms with E-state index in [2.05, 4.69) is 10.3 Å². The fourth-order valence-electron chi connectivity index (χ4n) is 3.12. The van der Waals surface area contributed by atoms with Crippen molar-refractivity contribution in [3.05, 3.63) is 70.9 Å². The number of hydrogen-bond acceptors (Lipinski definition) is 7. The SMILES string of the molecule is CCC(C(=O)OCC(=O)NCCN1C(=O)S/C(=C\c2cccnc2)C1=O)c1ccccc1. The first-order chi connectivity index (χ1) is 15.5. The molecule has 9 heteroatoms. The average Bonchev–Trinajstić information content (AvgIpc) is 3.07. The Hall–Kier alpha value is -3.46. The lowest BCUT2D eigenvalue weighted by Crippen LogP contribution is -2.38. The number of rotatable bonds is 9. The van der Waals surface area contributed by atoms with Crippen molar-refractivity contribution in [3.63, 3.8) is 0 Å². The van der Waals surface area contributed by atoms with Crippen LogP contribution in [0.15, 0.2) is 59.8 Å². The highest BCUT2D eigenvalue weighted by atomic mass is 32.2. The van der Waals surface area contributed by atoms with Crippen LogP contribution in [0.5, 0.6) is 0 Å². The van der Waals surface area contributed by atoms with Crippen molar-refractivity contribution in [1.82, 2.24) is 15.2 Å². The first-order valence-electron chi connectivity index (χ1n) is 10.1. The number of esters is 1. The van der Waals surface area contributed by atoms with Gasteiger partial charge in [-0.15, -0.1) is 0 Å². The number of thioether (sulfide) groups is 1. The number of benzene rings is 1. The van der Waals surface area contributed by atoms with Gasteiger partial charge in [0.25, 0.3) is 17.1 Å². The van der Waals surface area contributed by atoms with Gasteiger partial charge in [-0.3, -0.25) is 29.1 Å². The third kappa shape index (κ3) is 6.04. The van der Waals surface area contributed by atoms with Crippen LogP contribution in [0.2, 0.25) is 0 Å². The van der Waals surface area contributed by atoms with Gasteiger partial charge >= 0.3 is 5.97 Å². The average molecular weight is 454 g/mol. The molecular formula is C23H23N3O5S. The predicted octanol–water partition coefficient (Wildman–Crippen LogP) is 2.97. The third-order valence-corrected chi connectivity index (χ3v) is 5.66. The van der Waals surface area contributed by atoms with Crippen molar-refractivity contribution in [2.24, 2.45) is 0 Å². The van der Waals surface area contributed by atoms with Crippen LogP contribution in [0, 0.1) is 0 Å². The lowest BCUT2D eigenvalue weighted by Gasteiger charge is -2.15. The lowest BCUT2D eigenvalue weighted by atomic mass is 9.97. The summed E-state index contributed by atoms with van der Waals surface area (Å²) in [6, 6.07) is 12.7. The van der Waals surface area contributed by atoms with Gasteiger partial charge in [0.15, 0.2) is 6.61 Å². The zero-order valence-electron chi connectivity index (χ0n) is 17.5. The first-order valence-corrected chi connectivity index (χ1v) is 10.9. The number of imide groups is 1.